The van der Waals surface area contributed by atoms with Crippen LogP contribution >= 0.6 is 0 Å². The fourth-order valence-electron chi connectivity index (χ4n) is 2.57. The van der Waals surface area contributed by atoms with Gasteiger partial charge in [-0.2, -0.15) is 0 Å². The van der Waals surface area contributed by atoms with E-state index in [4.69, 9.17) is 19.3 Å². The third kappa shape index (κ3) is 3.65. The van der Waals surface area contributed by atoms with E-state index in [0.29, 0.717) is 0 Å². The summed E-state index contributed by atoms with van der Waals surface area (Å²) in [6.07, 6.45) is -15.6. The fourth-order valence-corrected chi connectivity index (χ4v) is 2.57. The highest BCUT2D eigenvalue weighted by atomic mass is 16.7. The van der Waals surface area contributed by atoms with E-state index in [9.17, 15) is 35.7 Å². The predicted molar refractivity (Wildman–Crippen MR) is 68.6 cm³/mol. The maximum atomic E-state index is 9.94. The predicted octanol–water partition coefficient (Wildman–Crippen LogP) is -5.40. The molecule has 0 aliphatic carbocycles. The fraction of sp³-hybridized carbons (Fsp3) is 1.00. The van der Waals surface area contributed by atoms with Crippen molar-refractivity contribution in [2.45, 2.75) is 61.4 Å². The summed E-state index contributed by atoms with van der Waals surface area (Å²) in [4.78, 5) is 0. The molecule has 0 radical (unpaired) electrons. The Bertz CT molecular complexity index is 378. The highest BCUT2D eigenvalue weighted by Gasteiger charge is 2.50. The van der Waals surface area contributed by atoms with Gasteiger partial charge in [-0.05, 0) is 0 Å². The number of rotatable bonds is 4. The van der Waals surface area contributed by atoms with Gasteiger partial charge in [0.2, 0.25) is 0 Å². The minimum absolute atomic E-state index is 0.667. The van der Waals surface area contributed by atoms with Crippen LogP contribution in [0.25, 0.3) is 0 Å². The summed E-state index contributed by atoms with van der Waals surface area (Å²) < 4.78 is 15.3. The Kier molecular flexibility index (Phi) is 6.27. The molecule has 11 nitrogen and oxygen atoms in total. The Hall–Kier alpha value is -0.440. The zero-order valence-electron chi connectivity index (χ0n) is 12.0. The Morgan fingerprint density at radius 2 is 1.26 bits per heavy atom. The summed E-state index contributed by atoms with van der Waals surface area (Å²) in [7, 11) is 0. The second-order valence-electron chi connectivity index (χ2n) is 5.53. The van der Waals surface area contributed by atoms with E-state index in [1.54, 1.807) is 0 Å². The largest absolute Gasteiger partial charge is 0.394 e. The lowest BCUT2D eigenvalue weighted by molar-refractivity contribution is -0.355. The van der Waals surface area contributed by atoms with Crippen LogP contribution in [-0.4, -0.2) is 115 Å². The van der Waals surface area contributed by atoms with E-state index in [0.717, 1.165) is 0 Å². The van der Waals surface area contributed by atoms with Crippen LogP contribution < -0.4 is 0 Å². The van der Waals surface area contributed by atoms with Crippen molar-refractivity contribution in [1.29, 1.82) is 0 Å². The van der Waals surface area contributed by atoms with Gasteiger partial charge < -0.3 is 55.1 Å². The molecular formula is C12H22O11. The van der Waals surface area contributed by atoms with Crippen LogP contribution in [0.4, 0.5) is 0 Å². The summed E-state index contributed by atoms with van der Waals surface area (Å²) in [5, 5.41) is 76.5. The average Bonchev–Trinajstić information content (AvgIpc) is 2.55. The molecule has 0 aromatic heterocycles. The van der Waals surface area contributed by atoms with Crippen LogP contribution in [0.1, 0.15) is 0 Å². The molecule has 2 rings (SSSR count). The molecule has 10 atom stereocenters. The van der Waals surface area contributed by atoms with E-state index in [-0.39, 0.29) is 0 Å². The van der Waals surface area contributed by atoms with Crippen LogP contribution in [0.2, 0.25) is 0 Å². The molecular weight excluding hydrogens is 320 g/mol. The van der Waals surface area contributed by atoms with Crippen molar-refractivity contribution >= 4 is 0 Å². The molecule has 2 aliphatic rings. The van der Waals surface area contributed by atoms with E-state index in [2.05, 4.69) is 0 Å². The molecule has 0 aromatic carbocycles. The van der Waals surface area contributed by atoms with E-state index >= 15 is 0 Å². The number of aliphatic hydroxyl groups is 8. The van der Waals surface area contributed by atoms with Crippen LogP contribution in [0.3, 0.4) is 0 Å². The van der Waals surface area contributed by atoms with Crippen LogP contribution in [0.15, 0.2) is 0 Å². The van der Waals surface area contributed by atoms with Gasteiger partial charge in [0, 0.05) is 0 Å². The maximum absolute atomic E-state index is 9.94. The average molecular weight is 342 g/mol. The first-order valence-corrected chi connectivity index (χ1v) is 7.08. The number of ether oxygens (including phenoxy) is 3. The quantitative estimate of drug-likeness (QED) is 0.243. The maximum Gasteiger partial charge on any atom is 0.187 e. The zero-order chi connectivity index (χ0) is 17.3. The van der Waals surface area contributed by atoms with Gasteiger partial charge in [-0.15, -0.1) is 0 Å². The molecule has 136 valence electrons. The molecule has 0 saturated carbocycles. The van der Waals surface area contributed by atoms with Gasteiger partial charge in [-0.25, -0.2) is 0 Å². The van der Waals surface area contributed by atoms with Gasteiger partial charge in [-0.1, -0.05) is 0 Å². The second kappa shape index (κ2) is 7.63. The number of hydrogen-bond donors (Lipinski definition) is 8. The molecule has 2 saturated heterocycles. The minimum atomic E-state index is -1.74. The SMILES string of the molecule is OC[C@@H]1O[C@@H](O[C@H]2[C@@H](O)[C@H](O)[C@@H](O)O[C@H]2CO)[C@H](O)[C@H](O)[C@@H]1O. The molecule has 2 aliphatic heterocycles. The monoisotopic (exact) mass is 342 g/mol. The molecule has 0 unspecified atom stereocenters. The smallest absolute Gasteiger partial charge is 0.187 e. The van der Waals surface area contributed by atoms with Crippen LogP contribution in [0.5, 0.6) is 0 Å². The Morgan fingerprint density at radius 1 is 0.652 bits per heavy atom. The van der Waals surface area contributed by atoms with Crippen molar-refractivity contribution in [3.8, 4) is 0 Å². The lowest BCUT2D eigenvalue weighted by Gasteiger charge is -2.45. The van der Waals surface area contributed by atoms with Crippen molar-refractivity contribution in [1.82, 2.24) is 0 Å². The molecule has 0 spiro atoms. The van der Waals surface area contributed by atoms with Crippen molar-refractivity contribution < 1.29 is 55.1 Å². The molecule has 0 amide bonds. The molecule has 11 heteroatoms. The van der Waals surface area contributed by atoms with Crippen LogP contribution in [-0.2, 0) is 14.2 Å². The summed E-state index contributed by atoms with van der Waals surface area (Å²) in [6.45, 7) is -1.35. The summed E-state index contributed by atoms with van der Waals surface area (Å²) in [5.74, 6) is 0. The zero-order valence-corrected chi connectivity index (χ0v) is 12.0. The van der Waals surface area contributed by atoms with Crippen molar-refractivity contribution in [3.63, 3.8) is 0 Å². The molecule has 23 heavy (non-hydrogen) atoms. The van der Waals surface area contributed by atoms with Crippen LogP contribution in [0, 0.1) is 0 Å². The lowest BCUT2D eigenvalue weighted by atomic mass is 9.97. The standard InChI is InChI=1S/C12H22O11/c13-1-3-5(15)6(16)9(19)12(22-3)23-10-4(2-14)21-11(20)8(18)7(10)17/h3-20H,1-2H2/t3-,4-,5+,6+,7-,8-,9+,10+,11-,12-/m0/s1. The highest BCUT2D eigenvalue weighted by Crippen LogP contribution is 2.28. The lowest BCUT2D eigenvalue weighted by Crippen LogP contribution is -2.64. The Balaban J connectivity index is 2.11. The number of aliphatic hydroxyl groups excluding tert-OH is 8. The molecule has 8 N–H and O–H groups in total. The van der Waals surface area contributed by atoms with Gasteiger partial charge in [0.15, 0.2) is 12.6 Å². The van der Waals surface area contributed by atoms with E-state index < -0.39 is 74.6 Å². The first kappa shape index (κ1) is 18.9. The van der Waals surface area contributed by atoms with Gasteiger partial charge in [0.25, 0.3) is 0 Å². The Labute approximate surface area is 130 Å². The Morgan fingerprint density at radius 3 is 1.83 bits per heavy atom. The summed E-state index contributed by atoms with van der Waals surface area (Å²) in [6, 6.07) is 0. The molecule has 0 bridgehead atoms. The van der Waals surface area contributed by atoms with E-state index in [1.165, 1.54) is 0 Å². The van der Waals surface area contributed by atoms with Gasteiger partial charge in [0.05, 0.1) is 13.2 Å². The first-order valence-electron chi connectivity index (χ1n) is 7.08. The van der Waals surface area contributed by atoms with Crippen molar-refractivity contribution in [2.24, 2.45) is 0 Å². The first-order chi connectivity index (χ1) is 10.8. The van der Waals surface area contributed by atoms with Gasteiger partial charge in [0.1, 0.15) is 48.8 Å². The summed E-state index contributed by atoms with van der Waals surface area (Å²) in [5.41, 5.74) is 0. The third-order valence-electron chi connectivity index (χ3n) is 3.98. The highest BCUT2D eigenvalue weighted by molar-refractivity contribution is 4.93. The van der Waals surface area contributed by atoms with Gasteiger partial charge >= 0.3 is 0 Å². The van der Waals surface area contributed by atoms with Crippen molar-refractivity contribution in [2.75, 3.05) is 13.2 Å². The molecule has 0 aromatic rings. The minimum Gasteiger partial charge on any atom is -0.394 e. The van der Waals surface area contributed by atoms with Gasteiger partial charge in [-0.3, -0.25) is 0 Å². The summed E-state index contributed by atoms with van der Waals surface area (Å²) >= 11 is 0. The third-order valence-corrected chi connectivity index (χ3v) is 3.98. The second-order valence-corrected chi connectivity index (χ2v) is 5.53. The molecule has 2 fully saturated rings. The molecule has 2 heterocycles. The number of hydrogen-bond acceptors (Lipinski definition) is 11. The normalized spacial score (nSPS) is 51.7. The topological polar surface area (TPSA) is 190 Å². The van der Waals surface area contributed by atoms with Crippen molar-refractivity contribution in [3.05, 3.63) is 0 Å². The van der Waals surface area contributed by atoms with E-state index in [1.807, 2.05) is 0 Å².